The molecule has 1 N–H and O–H groups in total. The van der Waals surface area contributed by atoms with Crippen LogP contribution in [0.4, 0.5) is 9.18 Å². The summed E-state index contributed by atoms with van der Waals surface area (Å²) in [6.45, 7) is 1.10. The van der Waals surface area contributed by atoms with E-state index in [1.807, 2.05) is 12.1 Å². The number of nitrogens with one attached hydrogen (secondary N) is 1. The second-order valence-electron chi connectivity index (χ2n) is 5.68. The van der Waals surface area contributed by atoms with Gasteiger partial charge in [-0.3, -0.25) is 4.98 Å². The minimum Gasteiger partial charge on any atom is -0.461 e. The van der Waals surface area contributed by atoms with E-state index in [2.05, 4.69) is 10.3 Å². The van der Waals surface area contributed by atoms with E-state index in [1.54, 1.807) is 12.0 Å². The van der Waals surface area contributed by atoms with Gasteiger partial charge in [0.15, 0.2) is 0 Å². The molecular formula is C17H20FN3O3. The predicted octanol–water partition coefficient (Wildman–Crippen LogP) is 3.01. The van der Waals surface area contributed by atoms with Gasteiger partial charge in [0, 0.05) is 19.9 Å². The van der Waals surface area contributed by atoms with Gasteiger partial charge >= 0.3 is 6.03 Å². The van der Waals surface area contributed by atoms with Crippen molar-refractivity contribution in [1.29, 1.82) is 0 Å². The summed E-state index contributed by atoms with van der Waals surface area (Å²) in [5.41, 5.74) is 0.224. The number of furan rings is 1. The number of likely N-dealkylation sites (tertiary alicyclic amines) is 1. The van der Waals surface area contributed by atoms with Gasteiger partial charge in [-0.2, -0.15) is 0 Å². The lowest BCUT2D eigenvalue weighted by atomic mass is 10.2. The maximum atomic E-state index is 13.6. The molecule has 1 unspecified atom stereocenters. The molecule has 0 radical (unpaired) electrons. The molecule has 1 aliphatic heterocycles. The van der Waals surface area contributed by atoms with E-state index in [0.29, 0.717) is 13.2 Å². The first kappa shape index (κ1) is 16.4. The third kappa shape index (κ3) is 3.56. The highest BCUT2D eigenvalue weighted by Gasteiger charge is 2.32. The average molecular weight is 333 g/mol. The lowest BCUT2D eigenvalue weighted by Crippen LogP contribution is -2.39. The Hall–Kier alpha value is -2.41. The number of methoxy groups -OCH3 is 1. The van der Waals surface area contributed by atoms with Crippen LogP contribution in [0, 0.1) is 5.82 Å². The Balaban J connectivity index is 1.64. The zero-order chi connectivity index (χ0) is 16.9. The summed E-state index contributed by atoms with van der Waals surface area (Å²) in [6.07, 6.45) is 3.24. The summed E-state index contributed by atoms with van der Waals surface area (Å²) in [4.78, 5) is 18.1. The lowest BCUT2D eigenvalue weighted by Gasteiger charge is -2.23. The van der Waals surface area contributed by atoms with Gasteiger partial charge in [0.25, 0.3) is 0 Å². The van der Waals surface area contributed by atoms with Crippen LogP contribution in [-0.4, -0.2) is 29.6 Å². The topological polar surface area (TPSA) is 67.6 Å². The molecule has 2 amide bonds. The second kappa shape index (κ2) is 7.44. The molecule has 3 rings (SSSR count). The van der Waals surface area contributed by atoms with Gasteiger partial charge in [0.1, 0.15) is 23.9 Å². The molecule has 0 spiro atoms. The highest BCUT2D eigenvalue weighted by molar-refractivity contribution is 5.75. The Morgan fingerprint density at radius 3 is 3.17 bits per heavy atom. The minimum atomic E-state index is -0.425. The van der Waals surface area contributed by atoms with Gasteiger partial charge in [0.2, 0.25) is 0 Å². The number of amides is 2. The fourth-order valence-electron chi connectivity index (χ4n) is 2.91. The van der Waals surface area contributed by atoms with E-state index in [1.165, 1.54) is 18.3 Å². The SMILES string of the molecule is COCc1ccc(C2CCCN2C(=O)NCc2ncccc2F)o1. The van der Waals surface area contributed by atoms with Gasteiger partial charge in [0.05, 0.1) is 18.3 Å². The van der Waals surface area contributed by atoms with Crippen molar-refractivity contribution in [2.45, 2.75) is 32.0 Å². The fourth-order valence-corrected chi connectivity index (χ4v) is 2.91. The zero-order valence-electron chi connectivity index (χ0n) is 13.5. The number of hydrogen-bond acceptors (Lipinski definition) is 4. The third-order valence-corrected chi connectivity index (χ3v) is 4.05. The zero-order valence-corrected chi connectivity index (χ0v) is 13.5. The smallest absolute Gasteiger partial charge is 0.318 e. The third-order valence-electron chi connectivity index (χ3n) is 4.05. The molecule has 1 fully saturated rings. The Kier molecular flexibility index (Phi) is 5.10. The normalized spacial score (nSPS) is 17.2. The molecule has 24 heavy (non-hydrogen) atoms. The molecule has 7 heteroatoms. The van der Waals surface area contributed by atoms with E-state index in [0.717, 1.165) is 24.4 Å². The van der Waals surface area contributed by atoms with Gasteiger partial charge in [-0.05, 0) is 37.1 Å². The molecule has 0 aromatic carbocycles. The quantitative estimate of drug-likeness (QED) is 0.913. The van der Waals surface area contributed by atoms with E-state index in [9.17, 15) is 9.18 Å². The standard InChI is InChI=1S/C17H20FN3O3/c1-23-11-12-6-7-16(24-12)15-5-3-9-21(15)17(22)20-10-14-13(18)4-2-8-19-14/h2,4,6-8,15H,3,5,9-11H2,1H3,(H,20,22). The molecule has 2 aromatic rings. The lowest BCUT2D eigenvalue weighted by molar-refractivity contribution is 0.156. The fraction of sp³-hybridized carbons (Fsp3) is 0.412. The van der Waals surface area contributed by atoms with Crippen LogP contribution in [0.3, 0.4) is 0 Å². The second-order valence-corrected chi connectivity index (χ2v) is 5.68. The van der Waals surface area contributed by atoms with Gasteiger partial charge in [-0.25, -0.2) is 9.18 Å². The number of pyridine rings is 1. The number of ether oxygens (including phenoxy) is 1. The van der Waals surface area contributed by atoms with Crippen LogP contribution in [0.1, 0.15) is 36.1 Å². The molecule has 1 atom stereocenters. The Morgan fingerprint density at radius 2 is 2.38 bits per heavy atom. The predicted molar refractivity (Wildman–Crippen MR) is 84.5 cm³/mol. The molecule has 6 nitrogen and oxygen atoms in total. The molecule has 0 saturated carbocycles. The Labute approximate surface area is 139 Å². The molecule has 3 heterocycles. The van der Waals surface area contributed by atoms with Crippen molar-refractivity contribution >= 4 is 6.03 Å². The van der Waals surface area contributed by atoms with Gasteiger partial charge in [-0.15, -0.1) is 0 Å². The minimum absolute atomic E-state index is 0.0573. The highest BCUT2D eigenvalue weighted by Crippen LogP contribution is 2.33. The van der Waals surface area contributed by atoms with E-state index < -0.39 is 5.82 Å². The number of urea groups is 1. The number of nitrogens with zero attached hydrogens (tertiary/aromatic N) is 2. The summed E-state index contributed by atoms with van der Waals surface area (Å²) in [5.74, 6) is 1.06. The molecule has 0 aliphatic carbocycles. The molecule has 0 bridgehead atoms. The van der Waals surface area contributed by atoms with Crippen LogP contribution in [-0.2, 0) is 17.9 Å². The first-order chi connectivity index (χ1) is 11.7. The molecule has 1 saturated heterocycles. The van der Waals surface area contributed by atoms with Crippen molar-refractivity contribution in [1.82, 2.24) is 15.2 Å². The van der Waals surface area contributed by atoms with Crippen LogP contribution < -0.4 is 5.32 Å². The number of carbonyl (C=O) groups is 1. The van der Waals surface area contributed by atoms with Crippen molar-refractivity contribution in [3.05, 3.63) is 53.5 Å². The number of hydrogen-bond donors (Lipinski definition) is 1. The van der Waals surface area contributed by atoms with Crippen molar-refractivity contribution in [2.75, 3.05) is 13.7 Å². The highest BCUT2D eigenvalue weighted by atomic mass is 19.1. The molecule has 128 valence electrons. The molecule has 2 aromatic heterocycles. The Bertz CT molecular complexity index is 704. The van der Waals surface area contributed by atoms with Crippen molar-refractivity contribution in [3.8, 4) is 0 Å². The monoisotopic (exact) mass is 333 g/mol. The Morgan fingerprint density at radius 1 is 1.50 bits per heavy atom. The van der Waals surface area contributed by atoms with Crippen LogP contribution >= 0.6 is 0 Å². The van der Waals surface area contributed by atoms with E-state index >= 15 is 0 Å². The molecule has 1 aliphatic rings. The molecular weight excluding hydrogens is 313 g/mol. The van der Waals surface area contributed by atoms with Crippen molar-refractivity contribution < 1.29 is 18.3 Å². The number of halogens is 1. The van der Waals surface area contributed by atoms with Gasteiger partial charge in [-0.1, -0.05) is 0 Å². The number of rotatable bonds is 5. The van der Waals surface area contributed by atoms with E-state index in [-0.39, 0.29) is 24.3 Å². The van der Waals surface area contributed by atoms with Crippen molar-refractivity contribution in [3.63, 3.8) is 0 Å². The van der Waals surface area contributed by atoms with E-state index in [4.69, 9.17) is 9.15 Å². The summed E-state index contributed by atoms with van der Waals surface area (Å²) in [7, 11) is 1.61. The maximum absolute atomic E-state index is 13.6. The maximum Gasteiger partial charge on any atom is 0.318 e. The summed E-state index contributed by atoms with van der Waals surface area (Å²) in [6, 6.07) is 6.23. The van der Waals surface area contributed by atoms with Crippen LogP contribution in [0.2, 0.25) is 0 Å². The summed E-state index contributed by atoms with van der Waals surface area (Å²) < 4.78 is 24.4. The summed E-state index contributed by atoms with van der Waals surface area (Å²) in [5, 5.41) is 2.73. The summed E-state index contributed by atoms with van der Waals surface area (Å²) >= 11 is 0. The first-order valence-corrected chi connectivity index (χ1v) is 7.90. The average Bonchev–Trinajstić information content (AvgIpc) is 3.23. The number of aromatic nitrogens is 1. The van der Waals surface area contributed by atoms with Crippen LogP contribution in [0.15, 0.2) is 34.9 Å². The first-order valence-electron chi connectivity index (χ1n) is 7.90. The van der Waals surface area contributed by atoms with Crippen LogP contribution in [0.25, 0.3) is 0 Å². The van der Waals surface area contributed by atoms with Gasteiger partial charge < -0.3 is 19.4 Å². The van der Waals surface area contributed by atoms with Crippen molar-refractivity contribution in [2.24, 2.45) is 0 Å². The number of carbonyl (C=O) groups excluding carboxylic acids is 1. The largest absolute Gasteiger partial charge is 0.461 e. The van der Waals surface area contributed by atoms with Crippen LogP contribution in [0.5, 0.6) is 0 Å².